The van der Waals surface area contributed by atoms with Crippen LogP contribution in [0.25, 0.3) is 0 Å². The van der Waals surface area contributed by atoms with Crippen LogP contribution in [-0.4, -0.2) is 10.9 Å². The minimum absolute atomic E-state index is 0.248. The minimum atomic E-state index is -0.248. The zero-order chi connectivity index (χ0) is 13.0. The van der Waals surface area contributed by atoms with Crippen LogP contribution in [0.4, 0.5) is 11.5 Å². The lowest BCUT2D eigenvalue weighted by Gasteiger charge is -2.08. The van der Waals surface area contributed by atoms with Crippen LogP contribution in [0.5, 0.6) is 0 Å². The Morgan fingerprint density at radius 3 is 2.83 bits per heavy atom. The van der Waals surface area contributed by atoms with Gasteiger partial charge in [-0.1, -0.05) is 12.1 Å². The molecule has 1 amide bonds. The van der Waals surface area contributed by atoms with Gasteiger partial charge in [0, 0.05) is 11.9 Å². The fraction of sp³-hybridized carbons (Fsp3) is 0.0769. The third kappa shape index (κ3) is 2.64. The van der Waals surface area contributed by atoms with Gasteiger partial charge in [-0.25, -0.2) is 10.8 Å². The fourth-order valence-electron chi connectivity index (χ4n) is 1.62. The number of nitrogens with one attached hydrogen (secondary N) is 2. The number of nitrogens with zero attached hydrogens (tertiary/aromatic N) is 1. The average Bonchev–Trinajstić information content (AvgIpc) is 2.38. The number of nitrogen functional groups attached to an aromatic ring is 1. The highest BCUT2D eigenvalue weighted by atomic mass is 16.1. The lowest BCUT2D eigenvalue weighted by Crippen LogP contribution is -2.18. The molecular formula is C13H14N4O. The molecule has 1 aromatic heterocycles. The molecular weight excluding hydrogens is 228 g/mol. The van der Waals surface area contributed by atoms with Crippen molar-refractivity contribution in [3.05, 3.63) is 53.7 Å². The van der Waals surface area contributed by atoms with Crippen molar-refractivity contribution >= 4 is 17.4 Å². The number of rotatable bonds is 3. The van der Waals surface area contributed by atoms with Crippen LogP contribution in [0, 0.1) is 6.92 Å². The van der Waals surface area contributed by atoms with Gasteiger partial charge in [-0.15, -0.1) is 0 Å². The van der Waals surface area contributed by atoms with E-state index in [1.54, 1.807) is 18.3 Å². The summed E-state index contributed by atoms with van der Waals surface area (Å²) in [4.78, 5) is 16.0. The van der Waals surface area contributed by atoms with E-state index in [-0.39, 0.29) is 5.91 Å². The lowest BCUT2D eigenvalue weighted by molar-refractivity contribution is 0.102. The summed E-state index contributed by atoms with van der Waals surface area (Å²) < 4.78 is 0. The normalized spacial score (nSPS) is 9.89. The number of hydrogen-bond donors (Lipinski definition) is 3. The molecule has 0 unspecified atom stereocenters. The lowest BCUT2D eigenvalue weighted by atomic mass is 10.2. The summed E-state index contributed by atoms with van der Waals surface area (Å²) in [6.07, 6.45) is 1.57. The molecule has 0 bridgehead atoms. The van der Waals surface area contributed by atoms with Crippen molar-refractivity contribution in [1.29, 1.82) is 0 Å². The third-order valence-electron chi connectivity index (χ3n) is 2.46. The van der Waals surface area contributed by atoms with Crippen LogP contribution in [0.3, 0.4) is 0 Å². The van der Waals surface area contributed by atoms with E-state index in [0.29, 0.717) is 11.4 Å². The van der Waals surface area contributed by atoms with Gasteiger partial charge in [0.25, 0.3) is 5.91 Å². The number of carbonyl (C=O) groups is 1. The van der Waals surface area contributed by atoms with Crippen LogP contribution >= 0.6 is 0 Å². The Kier molecular flexibility index (Phi) is 3.54. The van der Waals surface area contributed by atoms with Gasteiger partial charge >= 0.3 is 0 Å². The molecule has 0 radical (unpaired) electrons. The van der Waals surface area contributed by atoms with Gasteiger partial charge in [-0.3, -0.25) is 4.79 Å². The molecule has 0 aliphatic heterocycles. The summed E-state index contributed by atoms with van der Waals surface area (Å²) in [5, 5.41) is 2.80. The van der Waals surface area contributed by atoms with Gasteiger partial charge in [0.2, 0.25) is 0 Å². The van der Waals surface area contributed by atoms with Gasteiger partial charge in [0.05, 0.1) is 5.56 Å². The second-order valence-electron chi connectivity index (χ2n) is 3.87. The molecule has 18 heavy (non-hydrogen) atoms. The molecule has 5 heteroatoms. The first-order valence-electron chi connectivity index (χ1n) is 5.50. The van der Waals surface area contributed by atoms with Gasteiger partial charge in [-0.2, -0.15) is 0 Å². The number of hydrazine groups is 1. The van der Waals surface area contributed by atoms with Crippen LogP contribution in [-0.2, 0) is 0 Å². The maximum atomic E-state index is 12.1. The van der Waals surface area contributed by atoms with E-state index in [4.69, 9.17) is 5.84 Å². The first kappa shape index (κ1) is 12.1. The van der Waals surface area contributed by atoms with Crippen LogP contribution in [0.1, 0.15) is 15.9 Å². The van der Waals surface area contributed by atoms with E-state index >= 15 is 0 Å². The monoisotopic (exact) mass is 242 g/mol. The van der Waals surface area contributed by atoms with Crippen molar-refractivity contribution in [3.63, 3.8) is 0 Å². The number of aryl methyl sites for hydroxylation is 1. The Balaban J connectivity index is 2.22. The average molecular weight is 242 g/mol. The Morgan fingerprint density at radius 1 is 1.28 bits per heavy atom. The van der Waals surface area contributed by atoms with E-state index < -0.39 is 0 Å². The van der Waals surface area contributed by atoms with E-state index in [1.165, 1.54) is 0 Å². The van der Waals surface area contributed by atoms with Gasteiger partial charge < -0.3 is 10.7 Å². The van der Waals surface area contributed by atoms with Crippen LogP contribution in [0.15, 0.2) is 42.6 Å². The molecule has 0 fully saturated rings. The largest absolute Gasteiger partial charge is 0.322 e. The first-order valence-corrected chi connectivity index (χ1v) is 5.50. The Bertz CT molecular complexity index is 568. The van der Waals surface area contributed by atoms with Crippen molar-refractivity contribution in [1.82, 2.24) is 4.98 Å². The number of pyridine rings is 1. The standard InChI is InChI=1S/C13H14N4O/c1-9-4-2-5-10(8-9)16-13(18)11-6-3-7-15-12(11)17-14/h2-8H,14H2,1H3,(H,15,17)(H,16,18). The van der Waals surface area contributed by atoms with Crippen molar-refractivity contribution < 1.29 is 4.79 Å². The minimum Gasteiger partial charge on any atom is -0.322 e. The molecule has 0 saturated carbocycles. The molecule has 0 saturated heterocycles. The summed E-state index contributed by atoms with van der Waals surface area (Å²) in [5.41, 5.74) is 4.63. The van der Waals surface area contributed by atoms with E-state index in [0.717, 1.165) is 11.3 Å². The predicted molar refractivity (Wildman–Crippen MR) is 71.2 cm³/mol. The number of nitrogens with two attached hydrogens (primary N) is 1. The number of anilines is 2. The first-order chi connectivity index (χ1) is 8.70. The highest BCUT2D eigenvalue weighted by Crippen LogP contribution is 2.14. The summed E-state index contributed by atoms with van der Waals surface area (Å²) >= 11 is 0. The molecule has 92 valence electrons. The van der Waals surface area contributed by atoms with Crippen molar-refractivity contribution in [2.45, 2.75) is 6.92 Å². The molecule has 4 N–H and O–H groups in total. The van der Waals surface area contributed by atoms with Gasteiger partial charge in [0.1, 0.15) is 0 Å². The second-order valence-corrected chi connectivity index (χ2v) is 3.87. The molecule has 2 aromatic rings. The van der Waals surface area contributed by atoms with Gasteiger partial charge in [0.15, 0.2) is 5.82 Å². The third-order valence-corrected chi connectivity index (χ3v) is 2.46. The van der Waals surface area contributed by atoms with Crippen molar-refractivity contribution in [2.24, 2.45) is 5.84 Å². The van der Waals surface area contributed by atoms with Gasteiger partial charge in [-0.05, 0) is 36.8 Å². The quantitative estimate of drug-likeness (QED) is 0.567. The maximum Gasteiger partial charge on any atom is 0.259 e. The Hall–Kier alpha value is -2.40. The van der Waals surface area contributed by atoms with Crippen LogP contribution in [0.2, 0.25) is 0 Å². The topological polar surface area (TPSA) is 80.0 Å². The number of aromatic nitrogens is 1. The fourth-order valence-corrected chi connectivity index (χ4v) is 1.62. The van der Waals surface area contributed by atoms with E-state index in [2.05, 4.69) is 15.7 Å². The maximum absolute atomic E-state index is 12.1. The highest BCUT2D eigenvalue weighted by molar-refractivity contribution is 6.07. The van der Waals surface area contributed by atoms with Crippen molar-refractivity contribution in [2.75, 3.05) is 10.7 Å². The van der Waals surface area contributed by atoms with E-state index in [1.807, 2.05) is 31.2 Å². The molecule has 0 atom stereocenters. The number of hydrogen-bond acceptors (Lipinski definition) is 4. The zero-order valence-electron chi connectivity index (χ0n) is 9.97. The molecule has 0 spiro atoms. The Labute approximate surface area is 105 Å². The summed E-state index contributed by atoms with van der Waals surface area (Å²) in [6, 6.07) is 10.9. The summed E-state index contributed by atoms with van der Waals surface area (Å²) in [7, 11) is 0. The Morgan fingerprint density at radius 2 is 2.11 bits per heavy atom. The number of carbonyl (C=O) groups excluding carboxylic acids is 1. The number of benzene rings is 1. The SMILES string of the molecule is Cc1cccc(NC(=O)c2cccnc2NN)c1. The molecule has 0 aliphatic rings. The summed E-state index contributed by atoms with van der Waals surface area (Å²) in [5.74, 6) is 5.41. The van der Waals surface area contributed by atoms with Crippen LogP contribution < -0.4 is 16.6 Å². The summed E-state index contributed by atoms with van der Waals surface area (Å²) in [6.45, 7) is 1.96. The van der Waals surface area contributed by atoms with E-state index in [9.17, 15) is 4.79 Å². The van der Waals surface area contributed by atoms with Crippen molar-refractivity contribution in [3.8, 4) is 0 Å². The zero-order valence-corrected chi connectivity index (χ0v) is 9.97. The molecule has 1 heterocycles. The predicted octanol–water partition coefficient (Wildman–Crippen LogP) is 1.93. The second kappa shape index (κ2) is 5.29. The smallest absolute Gasteiger partial charge is 0.259 e. The molecule has 1 aromatic carbocycles. The molecule has 5 nitrogen and oxygen atoms in total. The highest BCUT2D eigenvalue weighted by Gasteiger charge is 2.11. The molecule has 2 rings (SSSR count). The number of amides is 1. The molecule has 0 aliphatic carbocycles.